The van der Waals surface area contributed by atoms with Crippen LogP contribution in [0.4, 0.5) is 5.69 Å². The molecule has 2 N–H and O–H groups in total. The minimum absolute atomic E-state index is 0.0187. The highest BCUT2D eigenvalue weighted by molar-refractivity contribution is 7.89. The van der Waals surface area contributed by atoms with Crippen molar-refractivity contribution >= 4 is 15.7 Å². The lowest BCUT2D eigenvalue weighted by molar-refractivity contribution is 0.349. The first kappa shape index (κ1) is 16.0. The average molecular weight is 284 g/mol. The molecular formula is C14H24N2O2S. The summed E-state index contributed by atoms with van der Waals surface area (Å²) in [6, 6.07) is 3.53. The molecule has 0 aromatic heterocycles. The summed E-state index contributed by atoms with van der Waals surface area (Å²) in [6.07, 6.45) is 1.60. The summed E-state index contributed by atoms with van der Waals surface area (Å²) in [5.41, 5.74) is 7.74. The molecule has 4 nitrogen and oxygen atoms in total. The van der Waals surface area contributed by atoms with Crippen molar-refractivity contribution in [3.63, 3.8) is 0 Å². The number of anilines is 1. The monoisotopic (exact) mass is 284 g/mol. The predicted molar refractivity (Wildman–Crippen MR) is 79.6 cm³/mol. The van der Waals surface area contributed by atoms with Gasteiger partial charge in [-0.15, -0.1) is 0 Å². The molecule has 0 aliphatic carbocycles. The molecule has 0 aliphatic rings. The maximum atomic E-state index is 12.8. The van der Waals surface area contributed by atoms with Crippen LogP contribution in [0.3, 0.4) is 0 Å². The highest BCUT2D eigenvalue weighted by Gasteiger charge is 2.29. The van der Waals surface area contributed by atoms with Crippen LogP contribution >= 0.6 is 0 Å². The number of hydrogen-bond donors (Lipinski definition) is 1. The summed E-state index contributed by atoms with van der Waals surface area (Å²) in [4.78, 5) is 0.349. The molecule has 0 atom stereocenters. The lowest BCUT2D eigenvalue weighted by Crippen LogP contribution is -2.37. The van der Waals surface area contributed by atoms with Crippen LogP contribution in [0.5, 0.6) is 0 Å². The van der Waals surface area contributed by atoms with E-state index in [1.165, 1.54) is 4.31 Å². The fraction of sp³-hybridized carbons (Fsp3) is 0.571. The number of nitrogens with two attached hydrogens (primary N) is 1. The van der Waals surface area contributed by atoms with Gasteiger partial charge in [0.15, 0.2) is 0 Å². The Morgan fingerprint density at radius 3 is 2.21 bits per heavy atom. The third-order valence-electron chi connectivity index (χ3n) is 3.74. The van der Waals surface area contributed by atoms with Gasteiger partial charge in [-0.3, -0.25) is 0 Å². The Morgan fingerprint density at radius 1 is 1.21 bits per heavy atom. The lowest BCUT2D eigenvalue weighted by Gasteiger charge is -2.27. The number of nitrogen functional groups attached to an aromatic ring is 1. The van der Waals surface area contributed by atoms with Crippen molar-refractivity contribution in [1.29, 1.82) is 0 Å². The summed E-state index contributed by atoms with van der Waals surface area (Å²) < 4.78 is 27.0. The molecule has 0 fully saturated rings. The molecule has 0 unspecified atom stereocenters. The van der Waals surface area contributed by atoms with Gasteiger partial charge in [0.25, 0.3) is 0 Å². The number of benzene rings is 1. The van der Waals surface area contributed by atoms with Crippen LogP contribution in [0, 0.1) is 13.8 Å². The Kier molecular flexibility index (Phi) is 4.98. The second-order valence-corrected chi connectivity index (χ2v) is 6.85. The fourth-order valence-electron chi connectivity index (χ4n) is 2.38. The molecule has 0 aliphatic heterocycles. The van der Waals surface area contributed by atoms with Gasteiger partial charge in [0.2, 0.25) is 10.0 Å². The van der Waals surface area contributed by atoms with Crippen LogP contribution in [0.15, 0.2) is 17.0 Å². The van der Waals surface area contributed by atoms with Crippen molar-refractivity contribution in [1.82, 2.24) is 4.31 Å². The van der Waals surface area contributed by atoms with Gasteiger partial charge < -0.3 is 5.73 Å². The van der Waals surface area contributed by atoms with E-state index in [0.717, 1.165) is 18.4 Å². The molecule has 19 heavy (non-hydrogen) atoms. The molecule has 1 aromatic carbocycles. The summed E-state index contributed by atoms with van der Waals surface area (Å²) in [7, 11) is -1.85. The quantitative estimate of drug-likeness (QED) is 0.846. The normalized spacial score (nSPS) is 12.4. The van der Waals surface area contributed by atoms with Crippen molar-refractivity contribution in [2.45, 2.75) is 51.5 Å². The number of aryl methyl sites for hydroxylation is 1. The first-order valence-corrected chi connectivity index (χ1v) is 8.05. The first-order valence-electron chi connectivity index (χ1n) is 6.61. The minimum Gasteiger partial charge on any atom is -0.398 e. The van der Waals surface area contributed by atoms with E-state index in [1.807, 2.05) is 13.8 Å². The third-order valence-corrected chi connectivity index (χ3v) is 5.94. The van der Waals surface area contributed by atoms with Crippen LogP contribution in [-0.2, 0) is 10.0 Å². The second kappa shape index (κ2) is 5.92. The average Bonchev–Trinajstić information content (AvgIpc) is 2.35. The van der Waals surface area contributed by atoms with Crippen molar-refractivity contribution < 1.29 is 8.42 Å². The summed E-state index contributed by atoms with van der Waals surface area (Å²) in [5.74, 6) is 0. The van der Waals surface area contributed by atoms with Crippen LogP contribution < -0.4 is 5.73 Å². The number of sulfonamides is 1. The maximum absolute atomic E-state index is 12.8. The van der Waals surface area contributed by atoms with Crippen molar-refractivity contribution in [2.75, 3.05) is 12.8 Å². The van der Waals surface area contributed by atoms with Crippen LogP contribution in [0.25, 0.3) is 0 Å². The van der Waals surface area contributed by atoms with Crippen LogP contribution in [0.2, 0.25) is 0 Å². The van der Waals surface area contributed by atoms with Gasteiger partial charge in [-0.25, -0.2) is 8.42 Å². The molecule has 5 heteroatoms. The number of hydrogen-bond acceptors (Lipinski definition) is 3. The highest BCUT2D eigenvalue weighted by atomic mass is 32.2. The standard InChI is InChI=1S/C14H24N2O2S/c1-6-12(7-2)16(5)19(17,18)14-10(3)8-9-13(15)11(14)4/h8-9,12H,6-7,15H2,1-5H3. The van der Waals surface area contributed by atoms with E-state index < -0.39 is 10.0 Å². The minimum atomic E-state index is -3.49. The summed E-state index contributed by atoms with van der Waals surface area (Å²) in [5, 5.41) is 0. The van der Waals surface area contributed by atoms with E-state index in [4.69, 9.17) is 5.73 Å². The Morgan fingerprint density at radius 2 is 1.74 bits per heavy atom. The molecule has 0 heterocycles. The first-order chi connectivity index (χ1) is 8.77. The Labute approximate surface area is 116 Å². The van der Waals surface area contributed by atoms with E-state index in [0.29, 0.717) is 16.1 Å². The zero-order valence-electron chi connectivity index (χ0n) is 12.4. The van der Waals surface area contributed by atoms with Gasteiger partial charge in [-0.1, -0.05) is 19.9 Å². The zero-order chi connectivity index (χ0) is 14.8. The molecule has 1 rings (SSSR count). The number of rotatable bonds is 5. The molecule has 0 radical (unpaired) electrons. The lowest BCUT2D eigenvalue weighted by atomic mass is 10.1. The summed E-state index contributed by atoms with van der Waals surface area (Å²) in [6.45, 7) is 7.56. The smallest absolute Gasteiger partial charge is 0.243 e. The molecule has 0 amide bonds. The molecule has 0 bridgehead atoms. The van der Waals surface area contributed by atoms with Gasteiger partial charge in [0.05, 0.1) is 4.90 Å². The number of nitrogens with zero attached hydrogens (tertiary/aromatic N) is 1. The Hall–Kier alpha value is -1.07. The van der Waals surface area contributed by atoms with Crippen molar-refractivity contribution in [3.05, 3.63) is 23.3 Å². The van der Waals surface area contributed by atoms with Gasteiger partial charge >= 0.3 is 0 Å². The Bertz CT molecular complexity index is 549. The molecule has 0 saturated heterocycles. The van der Waals surface area contributed by atoms with Crippen LogP contribution in [0.1, 0.15) is 37.8 Å². The topological polar surface area (TPSA) is 63.4 Å². The third kappa shape index (κ3) is 2.92. The molecular weight excluding hydrogens is 260 g/mol. The molecule has 0 spiro atoms. The maximum Gasteiger partial charge on any atom is 0.243 e. The van der Waals surface area contributed by atoms with Crippen LogP contribution in [-0.4, -0.2) is 25.8 Å². The highest BCUT2D eigenvalue weighted by Crippen LogP contribution is 2.28. The molecule has 1 aromatic rings. The van der Waals surface area contributed by atoms with Gasteiger partial charge in [0, 0.05) is 18.8 Å². The van der Waals surface area contributed by atoms with E-state index in [-0.39, 0.29) is 6.04 Å². The van der Waals surface area contributed by atoms with Crippen molar-refractivity contribution in [2.24, 2.45) is 0 Å². The molecule has 0 saturated carbocycles. The molecule has 108 valence electrons. The fourth-order valence-corrected chi connectivity index (χ4v) is 4.34. The van der Waals surface area contributed by atoms with E-state index in [1.54, 1.807) is 33.0 Å². The van der Waals surface area contributed by atoms with E-state index in [9.17, 15) is 8.42 Å². The van der Waals surface area contributed by atoms with E-state index >= 15 is 0 Å². The predicted octanol–water partition coefficient (Wildman–Crippen LogP) is 2.69. The van der Waals surface area contributed by atoms with Crippen molar-refractivity contribution in [3.8, 4) is 0 Å². The van der Waals surface area contributed by atoms with Gasteiger partial charge in [-0.2, -0.15) is 4.31 Å². The van der Waals surface area contributed by atoms with Gasteiger partial charge in [-0.05, 0) is 43.9 Å². The van der Waals surface area contributed by atoms with E-state index in [2.05, 4.69) is 0 Å². The zero-order valence-corrected chi connectivity index (χ0v) is 13.2. The SMILES string of the molecule is CCC(CC)N(C)S(=O)(=O)c1c(C)ccc(N)c1C. The Balaban J connectivity index is 3.40. The van der Waals surface area contributed by atoms with Gasteiger partial charge in [0.1, 0.15) is 0 Å². The largest absolute Gasteiger partial charge is 0.398 e. The summed E-state index contributed by atoms with van der Waals surface area (Å²) >= 11 is 0. The second-order valence-electron chi connectivity index (χ2n) is 4.92.